The van der Waals surface area contributed by atoms with Gasteiger partial charge in [0, 0.05) is 11.8 Å². The van der Waals surface area contributed by atoms with E-state index < -0.39 is 0 Å². The summed E-state index contributed by atoms with van der Waals surface area (Å²) in [4.78, 5) is 0. The number of halogens is 1. The van der Waals surface area contributed by atoms with Crippen LogP contribution in [0.15, 0.2) is 42.5 Å². The second kappa shape index (κ2) is 6.66. The predicted octanol–water partition coefficient (Wildman–Crippen LogP) is 6.51. The van der Waals surface area contributed by atoms with Gasteiger partial charge in [-0.2, -0.15) is 0 Å². The molecule has 1 heteroatoms. The van der Waals surface area contributed by atoms with E-state index >= 15 is 0 Å². The molecule has 0 fully saturated rings. The number of hydrogen-bond acceptors (Lipinski definition) is 0. The Labute approximate surface area is 133 Å². The molecule has 0 spiro atoms. The summed E-state index contributed by atoms with van der Waals surface area (Å²) in [6.07, 6.45) is 6.54. The molecule has 110 valence electrons. The van der Waals surface area contributed by atoms with Gasteiger partial charge in [-0.15, -0.1) is 11.6 Å². The van der Waals surface area contributed by atoms with Crippen molar-refractivity contribution >= 4 is 11.6 Å². The van der Waals surface area contributed by atoms with Crippen molar-refractivity contribution in [3.05, 3.63) is 59.2 Å². The van der Waals surface area contributed by atoms with Crippen LogP contribution in [0.4, 0.5) is 0 Å². The fraction of sp³-hybridized carbons (Fsp3) is 0.400. The quantitative estimate of drug-likeness (QED) is 0.421. The van der Waals surface area contributed by atoms with Crippen molar-refractivity contribution in [2.24, 2.45) is 0 Å². The lowest BCUT2D eigenvalue weighted by atomic mass is 9.89. The minimum absolute atomic E-state index is 0.544. The summed E-state index contributed by atoms with van der Waals surface area (Å²) < 4.78 is 0. The normalized spacial score (nSPS) is 15.8. The van der Waals surface area contributed by atoms with E-state index in [0.717, 1.165) is 0 Å². The summed E-state index contributed by atoms with van der Waals surface area (Å²) in [6, 6.07) is 15.5. The van der Waals surface area contributed by atoms with E-state index in [1.807, 2.05) is 0 Å². The average Bonchev–Trinajstić information content (AvgIpc) is 2.86. The molecule has 3 rings (SSSR count). The highest BCUT2D eigenvalue weighted by atomic mass is 35.5. The molecule has 1 aliphatic carbocycles. The molecule has 1 aliphatic rings. The second-order valence-electron chi connectivity index (χ2n) is 6.00. The fourth-order valence-corrected chi connectivity index (χ4v) is 3.89. The van der Waals surface area contributed by atoms with Crippen LogP contribution < -0.4 is 0 Å². The number of unbranched alkanes of at least 4 members (excludes halogenated alkanes) is 3. The Morgan fingerprint density at radius 1 is 0.905 bits per heavy atom. The first-order chi connectivity index (χ1) is 10.4. The minimum atomic E-state index is 0.544. The van der Waals surface area contributed by atoms with Crippen LogP contribution in [0.3, 0.4) is 0 Å². The highest BCUT2D eigenvalue weighted by Gasteiger charge is 2.29. The predicted molar refractivity (Wildman–Crippen MR) is 92.0 cm³/mol. The lowest BCUT2D eigenvalue weighted by molar-refractivity contribution is 0.600. The first-order valence-corrected chi connectivity index (χ1v) is 8.67. The van der Waals surface area contributed by atoms with Gasteiger partial charge in [-0.25, -0.2) is 0 Å². The molecule has 0 amide bonds. The van der Waals surface area contributed by atoms with Crippen molar-refractivity contribution in [2.45, 2.75) is 50.8 Å². The van der Waals surface area contributed by atoms with Gasteiger partial charge in [-0.3, -0.25) is 0 Å². The van der Waals surface area contributed by atoms with Crippen LogP contribution in [0.1, 0.15) is 61.6 Å². The maximum absolute atomic E-state index is 6.20. The Morgan fingerprint density at radius 3 is 2.52 bits per heavy atom. The molecular weight excluding hydrogens is 276 g/mol. The first kappa shape index (κ1) is 14.7. The minimum Gasteiger partial charge on any atom is -0.122 e. The van der Waals surface area contributed by atoms with E-state index in [1.165, 1.54) is 59.9 Å². The topological polar surface area (TPSA) is 0 Å². The summed E-state index contributed by atoms with van der Waals surface area (Å²) in [5.41, 5.74) is 7.13. The Hall–Kier alpha value is -1.27. The van der Waals surface area contributed by atoms with E-state index in [0.29, 0.717) is 11.8 Å². The molecule has 0 heterocycles. The zero-order valence-electron chi connectivity index (χ0n) is 12.7. The van der Waals surface area contributed by atoms with Crippen LogP contribution in [0.2, 0.25) is 0 Å². The van der Waals surface area contributed by atoms with Crippen molar-refractivity contribution in [3.63, 3.8) is 0 Å². The zero-order chi connectivity index (χ0) is 14.7. The molecule has 0 N–H and O–H groups in total. The lowest BCUT2D eigenvalue weighted by Gasteiger charge is -2.16. The van der Waals surface area contributed by atoms with Gasteiger partial charge in [0.25, 0.3) is 0 Å². The molecule has 0 nitrogen and oxygen atoms in total. The van der Waals surface area contributed by atoms with Crippen LogP contribution >= 0.6 is 11.6 Å². The van der Waals surface area contributed by atoms with Gasteiger partial charge >= 0.3 is 0 Å². The molecule has 2 aromatic carbocycles. The average molecular weight is 299 g/mol. The molecule has 0 aliphatic heterocycles. The van der Waals surface area contributed by atoms with Gasteiger partial charge < -0.3 is 0 Å². The Bertz CT molecular complexity index is 615. The van der Waals surface area contributed by atoms with E-state index in [-0.39, 0.29) is 0 Å². The standard InChI is InChI=1S/C20H23Cl/c1-2-3-4-5-12-18-16-10-6-7-11-17(16)19-13-8-9-15(14-21)20(18)19/h6-11,13,18H,2-5,12,14H2,1H3. The number of benzene rings is 2. The van der Waals surface area contributed by atoms with Crippen LogP contribution in [-0.4, -0.2) is 0 Å². The molecular formula is C20H23Cl. The molecule has 0 radical (unpaired) electrons. The van der Waals surface area contributed by atoms with Gasteiger partial charge in [0.05, 0.1) is 0 Å². The third kappa shape index (κ3) is 2.74. The Balaban J connectivity index is 1.96. The second-order valence-corrected chi connectivity index (χ2v) is 6.27. The van der Waals surface area contributed by atoms with Gasteiger partial charge in [-0.05, 0) is 34.2 Å². The highest BCUT2D eigenvalue weighted by molar-refractivity contribution is 6.17. The molecule has 0 aromatic heterocycles. The van der Waals surface area contributed by atoms with E-state index in [4.69, 9.17) is 11.6 Å². The molecule has 1 atom stereocenters. The van der Waals surface area contributed by atoms with Crippen LogP contribution in [0.25, 0.3) is 11.1 Å². The molecule has 1 unspecified atom stereocenters. The van der Waals surface area contributed by atoms with Gasteiger partial charge in [0.2, 0.25) is 0 Å². The smallest absolute Gasteiger partial charge is 0.0477 e. The number of fused-ring (bicyclic) bond motifs is 3. The lowest BCUT2D eigenvalue weighted by Crippen LogP contribution is -2.00. The maximum Gasteiger partial charge on any atom is 0.0477 e. The van der Waals surface area contributed by atoms with Crippen molar-refractivity contribution in [1.29, 1.82) is 0 Å². The molecule has 0 saturated heterocycles. The summed E-state index contributed by atoms with van der Waals surface area (Å²) in [5.74, 6) is 1.16. The van der Waals surface area contributed by atoms with E-state index in [9.17, 15) is 0 Å². The van der Waals surface area contributed by atoms with Crippen molar-refractivity contribution in [3.8, 4) is 11.1 Å². The largest absolute Gasteiger partial charge is 0.122 e. The Kier molecular flexibility index (Phi) is 4.65. The van der Waals surface area contributed by atoms with Crippen molar-refractivity contribution in [2.75, 3.05) is 0 Å². The van der Waals surface area contributed by atoms with Crippen molar-refractivity contribution in [1.82, 2.24) is 0 Å². The molecule has 2 aromatic rings. The fourth-order valence-electron chi connectivity index (χ4n) is 3.65. The molecule has 0 bridgehead atoms. The van der Waals surface area contributed by atoms with E-state index in [1.54, 1.807) is 0 Å². The SMILES string of the molecule is CCCCCCC1c2ccccc2-c2cccc(CCl)c21. The van der Waals surface area contributed by atoms with Crippen LogP contribution in [-0.2, 0) is 5.88 Å². The van der Waals surface area contributed by atoms with E-state index in [2.05, 4.69) is 49.4 Å². The zero-order valence-corrected chi connectivity index (χ0v) is 13.5. The number of hydrogen-bond donors (Lipinski definition) is 0. The van der Waals surface area contributed by atoms with Gasteiger partial charge in [0.15, 0.2) is 0 Å². The summed E-state index contributed by atoms with van der Waals surface area (Å²) in [7, 11) is 0. The maximum atomic E-state index is 6.20. The summed E-state index contributed by atoms with van der Waals surface area (Å²) in [5, 5.41) is 0. The van der Waals surface area contributed by atoms with Crippen molar-refractivity contribution < 1.29 is 0 Å². The number of rotatable bonds is 6. The monoisotopic (exact) mass is 298 g/mol. The van der Waals surface area contributed by atoms with Gasteiger partial charge in [0.1, 0.15) is 0 Å². The number of alkyl halides is 1. The third-order valence-corrected chi connectivity index (χ3v) is 4.95. The highest BCUT2D eigenvalue weighted by Crippen LogP contribution is 2.48. The molecule has 0 saturated carbocycles. The Morgan fingerprint density at radius 2 is 1.71 bits per heavy atom. The third-order valence-electron chi connectivity index (χ3n) is 4.66. The van der Waals surface area contributed by atoms with Crippen LogP contribution in [0.5, 0.6) is 0 Å². The molecule has 21 heavy (non-hydrogen) atoms. The summed E-state index contributed by atoms with van der Waals surface area (Å²) >= 11 is 6.20. The first-order valence-electron chi connectivity index (χ1n) is 8.13. The van der Waals surface area contributed by atoms with Gasteiger partial charge in [-0.1, -0.05) is 75.1 Å². The van der Waals surface area contributed by atoms with Crippen LogP contribution in [0, 0.1) is 0 Å². The summed E-state index contributed by atoms with van der Waals surface area (Å²) in [6.45, 7) is 2.27.